The molecule has 176 valence electrons. The van der Waals surface area contributed by atoms with Crippen LogP contribution in [0.2, 0.25) is 0 Å². The maximum absolute atomic E-state index is 12.4. The van der Waals surface area contributed by atoms with Crippen LogP contribution < -0.4 is 14.9 Å². The van der Waals surface area contributed by atoms with Crippen LogP contribution >= 0.6 is 0 Å². The van der Waals surface area contributed by atoms with E-state index in [1.807, 2.05) is 36.4 Å². The molecular formula is C30H28N2O3. The molecule has 0 unspecified atom stereocenters. The molecule has 0 heterocycles. The number of carbonyl (C=O) groups is 1. The van der Waals surface area contributed by atoms with Crippen molar-refractivity contribution >= 4 is 12.1 Å². The second-order valence-electron chi connectivity index (χ2n) is 8.34. The first kappa shape index (κ1) is 23.8. The van der Waals surface area contributed by atoms with E-state index < -0.39 is 0 Å². The predicted molar refractivity (Wildman–Crippen MR) is 139 cm³/mol. The van der Waals surface area contributed by atoms with E-state index in [0.717, 1.165) is 22.4 Å². The van der Waals surface area contributed by atoms with Gasteiger partial charge in [-0.05, 0) is 79.1 Å². The van der Waals surface area contributed by atoms with Gasteiger partial charge in [-0.15, -0.1) is 0 Å². The van der Waals surface area contributed by atoms with Crippen LogP contribution in [0.15, 0.2) is 102 Å². The molecule has 0 aliphatic rings. The number of hydrogen-bond acceptors (Lipinski definition) is 4. The maximum atomic E-state index is 12.4. The lowest BCUT2D eigenvalue weighted by Crippen LogP contribution is -2.17. The summed E-state index contributed by atoms with van der Waals surface area (Å²) in [4.78, 5) is 12.4. The van der Waals surface area contributed by atoms with Gasteiger partial charge >= 0.3 is 0 Å². The van der Waals surface area contributed by atoms with Gasteiger partial charge in [0.15, 0.2) is 0 Å². The summed E-state index contributed by atoms with van der Waals surface area (Å²) in [5.74, 6) is 1.19. The van der Waals surface area contributed by atoms with Crippen LogP contribution in [0.1, 0.15) is 38.2 Å². The van der Waals surface area contributed by atoms with E-state index in [2.05, 4.69) is 60.8 Å². The number of carbonyl (C=O) groups excluding carboxylic acids is 1. The summed E-state index contributed by atoms with van der Waals surface area (Å²) in [5.41, 5.74) is 8.57. The van der Waals surface area contributed by atoms with E-state index in [-0.39, 0.29) is 5.91 Å². The number of aryl methyl sites for hydroxylation is 2. The lowest BCUT2D eigenvalue weighted by Gasteiger charge is -2.07. The average Bonchev–Trinajstić information content (AvgIpc) is 2.89. The standard InChI is InChI=1S/C30H28N2O3/c1-22-3-7-25(8-4-22)20-34-28-15-11-24(12-16-28)19-31-32-30(33)27-13-17-29(18-14-27)35-21-26-9-5-23(2)6-10-26/h3-19H,20-21H2,1-2H3,(H,32,33). The van der Waals surface area contributed by atoms with Crippen molar-refractivity contribution in [2.45, 2.75) is 27.1 Å². The van der Waals surface area contributed by atoms with Gasteiger partial charge in [0.1, 0.15) is 24.7 Å². The van der Waals surface area contributed by atoms with Crippen molar-refractivity contribution in [1.82, 2.24) is 5.43 Å². The topological polar surface area (TPSA) is 59.9 Å². The minimum Gasteiger partial charge on any atom is -0.489 e. The van der Waals surface area contributed by atoms with Crippen LogP contribution in [-0.4, -0.2) is 12.1 Å². The Balaban J connectivity index is 1.23. The fourth-order valence-electron chi connectivity index (χ4n) is 3.28. The van der Waals surface area contributed by atoms with E-state index in [4.69, 9.17) is 9.47 Å². The van der Waals surface area contributed by atoms with Crippen LogP contribution in [0, 0.1) is 13.8 Å². The zero-order valence-electron chi connectivity index (χ0n) is 19.9. The molecule has 0 radical (unpaired) electrons. The third kappa shape index (κ3) is 7.30. The SMILES string of the molecule is Cc1ccc(COc2ccc(C=NNC(=O)c3ccc(OCc4ccc(C)cc4)cc3)cc2)cc1. The molecule has 0 saturated heterocycles. The molecule has 1 N–H and O–H groups in total. The molecule has 0 saturated carbocycles. The Kier molecular flexibility index (Phi) is 7.92. The summed E-state index contributed by atoms with van der Waals surface area (Å²) in [5, 5.41) is 4.06. The molecule has 35 heavy (non-hydrogen) atoms. The molecule has 0 aliphatic heterocycles. The molecular weight excluding hydrogens is 436 g/mol. The largest absolute Gasteiger partial charge is 0.489 e. The van der Waals surface area contributed by atoms with Crippen LogP contribution in [0.3, 0.4) is 0 Å². The smallest absolute Gasteiger partial charge is 0.271 e. The van der Waals surface area contributed by atoms with Crippen molar-refractivity contribution in [2.24, 2.45) is 5.10 Å². The highest BCUT2D eigenvalue weighted by atomic mass is 16.5. The summed E-state index contributed by atoms with van der Waals surface area (Å²) in [6.45, 7) is 5.11. The zero-order chi connectivity index (χ0) is 24.5. The molecule has 0 aromatic heterocycles. The van der Waals surface area contributed by atoms with Crippen molar-refractivity contribution in [3.05, 3.63) is 130 Å². The third-order valence-corrected chi connectivity index (χ3v) is 5.43. The van der Waals surface area contributed by atoms with Gasteiger partial charge in [-0.3, -0.25) is 4.79 Å². The summed E-state index contributed by atoms with van der Waals surface area (Å²) in [6.07, 6.45) is 1.60. The first-order chi connectivity index (χ1) is 17.0. The molecule has 1 amide bonds. The van der Waals surface area contributed by atoms with Gasteiger partial charge in [0.05, 0.1) is 6.21 Å². The Morgan fingerprint density at radius 1 is 0.686 bits per heavy atom. The van der Waals surface area contributed by atoms with Crippen molar-refractivity contribution < 1.29 is 14.3 Å². The zero-order valence-corrected chi connectivity index (χ0v) is 19.9. The highest BCUT2D eigenvalue weighted by molar-refractivity contribution is 5.95. The number of hydrazone groups is 1. The van der Waals surface area contributed by atoms with Crippen molar-refractivity contribution in [2.75, 3.05) is 0 Å². The average molecular weight is 465 g/mol. The molecule has 4 aromatic carbocycles. The van der Waals surface area contributed by atoms with E-state index in [1.165, 1.54) is 11.1 Å². The third-order valence-electron chi connectivity index (χ3n) is 5.43. The second kappa shape index (κ2) is 11.7. The number of amides is 1. The van der Waals surface area contributed by atoms with Gasteiger partial charge in [0, 0.05) is 5.56 Å². The van der Waals surface area contributed by atoms with Crippen molar-refractivity contribution in [3.8, 4) is 11.5 Å². The lowest BCUT2D eigenvalue weighted by molar-refractivity contribution is 0.0955. The first-order valence-electron chi connectivity index (χ1n) is 11.5. The highest BCUT2D eigenvalue weighted by Gasteiger charge is 2.05. The molecule has 0 bridgehead atoms. The Labute approximate surface area is 206 Å². The molecule has 4 rings (SSSR count). The Morgan fingerprint density at radius 2 is 1.14 bits per heavy atom. The van der Waals surface area contributed by atoms with Gasteiger partial charge in [-0.1, -0.05) is 59.7 Å². The quantitative estimate of drug-likeness (QED) is 0.236. The minimum atomic E-state index is -0.288. The number of hydrogen-bond donors (Lipinski definition) is 1. The lowest BCUT2D eigenvalue weighted by atomic mass is 10.2. The minimum absolute atomic E-state index is 0.288. The highest BCUT2D eigenvalue weighted by Crippen LogP contribution is 2.16. The summed E-state index contributed by atoms with van der Waals surface area (Å²) in [7, 11) is 0. The second-order valence-corrected chi connectivity index (χ2v) is 8.34. The van der Waals surface area contributed by atoms with Crippen molar-refractivity contribution in [1.29, 1.82) is 0 Å². The van der Waals surface area contributed by atoms with Crippen LogP contribution in [-0.2, 0) is 13.2 Å². The molecule has 0 fully saturated rings. The van der Waals surface area contributed by atoms with Gasteiger partial charge in [0.2, 0.25) is 0 Å². The maximum Gasteiger partial charge on any atom is 0.271 e. The Morgan fingerprint density at radius 3 is 1.63 bits per heavy atom. The first-order valence-corrected chi connectivity index (χ1v) is 11.5. The number of nitrogens with one attached hydrogen (secondary N) is 1. The molecule has 5 heteroatoms. The van der Waals surface area contributed by atoms with E-state index >= 15 is 0 Å². The van der Waals surface area contributed by atoms with Crippen LogP contribution in [0.4, 0.5) is 0 Å². The normalized spacial score (nSPS) is 10.8. The number of ether oxygens (including phenoxy) is 2. The monoisotopic (exact) mass is 464 g/mol. The molecule has 5 nitrogen and oxygen atoms in total. The number of nitrogens with zero attached hydrogens (tertiary/aromatic N) is 1. The van der Waals surface area contributed by atoms with Crippen molar-refractivity contribution in [3.63, 3.8) is 0 Å². The van der Waals surface area contributed by atoms with E-state index in [1.54, 1.807) is 30.5 Å². The van der Waals surface area contributed by atoms with E-state index in [9.17, 15) is 4.79 Å². The summed E-state index contributed by atoms with van der Waals surface area (Å²) >= 11 is 0. The van der Waals surface area contributed by atoms with E-state index in [0.29, 0.717) is 24.5 Å². The predicted octanol–water partition coefficient (Wildman–Crippen LogP) is 6.23. The molecule has 0 spiro atoms. The van der Waals surface area contributed by atoms with Gasteiger partial charge in [-0.25, -0.2) is 5.43 Å². The number of rotatable bonds is 9. The Hall–Kier alpha value is -4.38. The molecule has 0 aliphatic carbocycles. The van der Waals surface area contributed by atoms with Gasteiger partial charge < -0.3 is 9.47 Å². The van der Waals surface area contributed by atoms with Crippen LogP contribution in [0.5, 0.6) is 11.5 Å². The Bertz CT molecular complexity index is 1260. The molecule has 4 aromatic rings. The fourth-order valence-corrected chi connectivity index (χ4v) is 3.28. The fraction of sp³-hybridized carbons (Fsp3) is 0.133. The number of benzene rings is 4. The summed E-state index contributed by atoms with van der Waals surface area (Å²) in [6, 6.07) is 31.0. The summed E-state index contributed by atoms with van der Waals surface area (Å²) < 4.78 is 11.6. The molecule has 0 atom stereocenters. The van der Waals surface area contributed by atoms with Gasteiger partial charge in [0.25, 0.3) is 5.91 Å². The van der Waals surface area contributed by atoms with Gasteiger partial charge in [-0.2, -0.15) is 5.10 Å². The van der Waals surface area contributed by atoms with Crippen LogP contribution in [0.25, 0.3) is 0 Å².